The molecule has 7 heteroatoms. The molecule has 111 valence electrons. The van der Waals surface area contributed by atoms with E-state index in [1.54, 1.807) is 18.5 Å². The number of nitrogens with two attached hydrogens (primary N) is 1. The Morgan fingerprint density at radius 1 is 1.27 bits per heavy atom. The minimum absolute atomic E-state index is 0.198. The molecule has 2 N–H and O–H groups in total. The molecule has 2 heterocycles. The van der Waals surface area contributed by atoms with Crippen LogP contribution in [0.1, 0.15) is 12.0 Å². The van der Waals surface area contributed by atoms with E-state index in [0.29, 0.717) is 11.3 Å². The molecule has 1 aliphatic heterocycles. The first-order chi connectivity index (χ1) is 10.6. The van der Waals surface area contributed by atoms with Crippen LogP contribution in [-0.2, 0) is 9.63 Å². The predicted molar refractivity (Wildman–Crippen MR) is 80.9 cm³/mol. The van der Waals surface area contributed by atoms with Crippen LogP contribution in [0, 0.1) is 5.82 Å². The van der Waals surface area contributed by atoms with Gasteiger partial charge in [0.05, 0.1) is 0 Å². The van der Waals surface area contributed by atoms with Crippen molar-refractivity contribution >= 4 is 36.1 Å². The Labute approximate surface area is 133 Å². The average molecular weight is 360 g/mol. The second-order valence-corrected chi connectivity index (χ2v) is 7.36. The van der Waals surface area contributed by atoms with E-state index in [9.17, 15) is 9.18 Å². The van der Waals surface area contributed by atoms with E-state index in [2.05, 4.69) is 10.1 Å². The number of nitrogens with zero attached hydrogens (tertiary/aromatic N) is 2. The van der Waals surface area contributed by atoms with Crippen molar-refractivity contribution in [3.05, 3.63) is 54.1 Å². The molecule has 1 amide bonds. The van der Waals surface area contributed by atoms with Gasteiger partial charge in [0, 0.05) is 0 Å². The first kappa shape index (κ1) is 14.7. The van der Waals surface area contributed by atoms with Crippen molar-refractivity contribution in [1.82, 2.24) is 4.98 Å². The molecule has 0 aliphatic carbocycles. The van der Waals surface area contributed by atoms with Crippen molar-refractivity contribution in [3.8, 4) is 0 Å². The zero-order valence-corrected chi connectivity index (χ0v) is 13.3. The molecule has 0 saturated carbocycles. The number of amides is 1. The third-order valence-electron chi connectivity index (χ3n) is 3.17. The van der Waals surface area contributed by atoms with E-state index in [1.807, 2.05) is 18.2 Å². The summed E-state index contributed by atoms with van der Waals surface area (Å²) in [6, 6.07) is 8.91. The van der Waals surface area contributed by atoms with Crippen LogP contribution >= 0.6 is 0 Å². The number of benzene rings is 1. The minimum atomic E-state index is -0.808. The molecule has 1 aromatic heterocycles. The van der Waals surface area contributed by atoms with Crippen molar-refractivity contribution in [2.24, 2.45) is 10.9 Å². The van der Waals surface area contributed by atoms with Crippen LogP contribution in [0.25, 0.3) is 0 Å². The number of carbonyl (C=O) groups is 1. The van der Waals surface area contributed by atoms with Gasteiger partial charge in [-0.25, -0.2) is 0 Å². The van der Waals surface area contributed by atoms with Crippen molar-refractivity contribution in [1.29, 1.82) is 0 Å². The molecule has 2 aromatic rings. The van der Waals surface area contributed by atoms with Gasteiger partial charge >= 0.3 is 133 Å². The second-order valence-electron chi connectivity index (χ2n) is 4.72. The topological polar surface area (TPSA) is 77.6 Å². The van der Waals surface area contributed by atoms with Crippen molar-refractivity contribution in [3.63, 3.8) is 0 Å². The van der Waals surface area contributed by atoms with Crippen molar-refractivity contribution in [2.75, 3.05) is 0 Å². The molecule has 1 aromatic carbocycles. The number of oxime groups is 1. The first-order valence-electron chi connectivity index (χ1n) is 6.57. The maximum absolute atomic E-state index is 14.3. The predicted octanol–water partition coefficient (Wildman–Crippen LogP) is -0.146. The Hall–Kier alpha value is -2.20. The molecule has 1 radical (unpaired) electrons. The van der Waals surface area contributed by atoms with E-state index < -0.39 is 12.0 Å². The van der Waals surface area contributed by atoms with E-state index in [-0.39, 0.29) is 28.0 Å². The zero-order chi connectivity index (χ0) is 15.5. The number of hydrogen-bond acceptors (Lipinski definition) is 4. The molecule has 0 spiro atoms. The summed E-state index contributed by atoms with van der Waals surface area (Å²) in [5, 5.41) is 3.76. The third-order valence-corrected chi connectivity index (χ3v) is 5.46. The maximum atomic E-state index is 14.3. The molecular formula is C15H12AsFN3O2. The van der Waals surface area contributed by atoms with Gasteiger partial charge in [-0.1, -0.05) is 0 Å². The molecule has 3 rings (SSSR count). The fraction of sp³-hybridized carbons (Fsp3) is 0.133. The summed E-state index contributed by atoms with van der Waals surface area (Å²) in [4.78, 5) is 19.9. The van der Waals surface area contributed by atoms with Crippen molar-refractivity contribution < 1.29 is 14.0 Å². The van der Waals surface area contributed by atoms with Gasteiger partial charge in [-0.3, -0.25) is 0 Å². The number of pyridine rings is 1. The van der Waals surface area contributed by atoms with Gasteiger partial charge in [0.2, 0.25) is 0 Å². The van der Waals surface area contributed by atoms with Gasteiger partial charge in [-0.05, 0) is 0 Å². The molecule has 0 saturated heterocycles. The van der Waals surface area contributed by atoms with Crippen LogP contribution in [0.4, 0.5) is 4.39 Å². The molecule has 5 nitrogen and oxygen atoms in total. The van der Waals surface area contributed by atoms with Gasteiger partial charge in [0.15, 0.2) is 0 Å². The van der Waals surface area contributed by atoms with E-state index in [0.717, 1.165) is 8.70 Å². The normalized spacial score (nSPS) is 17.5. The molecular weight excluding hydrogens is 348 g/mol. The summed E-state index contributed by atoms with van der Waals surface area (Å²) in [7, 11) is 0. The van der Waals surface area contributed by atoms with Crippen LogP contribution in [-0.4, -0.2) is 38.5 Å². The Balaban J connectivity index is 1.77. The summed E-state index contributed by atoms with van der Waals surface area (Å²) in [6.07, 6.45) is 2.84. The summed E-state index contributed by atoms with van der Waals surface area (Å²) in [5.74, 6) is -0.965. The average Bonchev–Trinajstić information content (AvgIpc) is 2.98. The Morgan fingerprint density at radius 3 is 2.68 bits per heavy atom. The summed E-state index contributed by atoms with van der Waals surface area (Å²) in [5.41, 5.74) is 5.91. The Kier molecular flexibility index (Phi) is 4.20. The van der Waals surface area contributed by atoms with Crippen LogP contribution in [0.15, 0.2) is 47.9 Å². The third kappa shape index (κ3) is 3.17. The van der Waals surface area contributed by atoms with Gasteiger partial charge in [-0.15, -0.1) is 0 Å². The summed E-state index contributed by atoms with van der Waals surface area (Å²) < 4.78 is 16.4. The number of hydrogen-bond donors (Lipinski definition) is 1. The number of aromatic nitrogens is 1. The van der Waals surface area contributed by atoms with Crippen LogP contribution in [0.2, 0.25) is 0 Å². The van der Waals surface area contributed by atoms with Gasteiger partial charge in [0.1, 0.15) is 0 Å². The van der Waals surface area contributed by atoms with Crippen LogP contribution in [0.3, 0.4) is 0 Å². The molecule has 0 fully saturated rings. The summed E-state index contributed by atoms with van der Waals surface area (Å²) >= 11 is -0.300. The van der Waals surface area contributed by atoms with Crippen LogP contribution in [0.5, 0.6) is 0 Å². The molecule has 1 unspecified atom stereocenters. The number of primary amides is 1. The van der Waals surface area contributed by atoms with Gasteiger partial charge in [-0.2, -0.15) is 0 Å². The first-order valence-corrected chi connectivity index (χ1v) is 8.45. The van der Waals surface area contributed by atoms with E-state index in [1.165, 1.54) is 6.07 Å². The number of halogens is 1. The van der Waals surface area contributed by atoms with E-state index >= 15 is 0 Å². The molecule has 22 heavy (non-hydrogen) atoms. The SMILES string of the molecule is NC(=O)C1CC(c2ccc([As]c3ccncc3)cc2F)=NO1. The van der Waals surface area contributed by atoms with Crippen molar-refractivity contribution in [2.45, 2.75) is 12.5 Å². The Morgan fingerprint density at radius 2 is 2.05 bits per heavy atom. The summed E-state index contributed by atoms with van der Waals surface area (Å²) in [6.45, 7) is 0. The molecule has 1 atom stereocenters. The van der Waals surface area contributed by atoms with Crippen LogP contribution < -0.4 is 14.4 Å². The number of carbonyl (C=O) groups excluding carboxylic acids is 1. The van der Waals surface area contributed by atoms with Gasteiger partial charge < -0.3 is 0 Å². The second kappa shape index (κ2) is 6.28. The Bertz CT molecular complexity index is 737. The zero-order valence-electron chi connectivity index (χ0n) is 11.4. The molecule has 1 aliphatic rings. The fourth-order valence-corrected chi connectivity index (χ4v) is 3.97. The van der Waals surface area contributed by atoms with Gasteiger partial charge in [0.25, 0.3) is 0 Å². The number of rotatable bonds is 4. The van der Waals surface area contributed by atoms with E-state index in [4.69, 9.17) is 10.6 Å². The fourth-order valence-electron chi connectivity index (χ4n) is 2.06. The quantitative estimate of drug-likeness (QED) is 0.771. The monoisotopic (exact) mass is 360 g/mol. The standard InChI is InChI=1S/C15H12AsFN3O2/c17-12-7-10(16-9-3-5-19-6-4-9)1-2-11(12)13-8-14(15(18)21)22-20-13/h1-7,14H,8H2,(H2,18,21). The molecule has 0 bridgehead atoms.